The Bertz CT molecular complexity index is 633. The molecule has 0 spiro atoms. The molecule has 0 amide bonds. The Morgan fingerprint density at radius 1 is 1.06 bits per heavy atom. The van der Waals surface area contributed by atoms with E-state index in [2.05, 4.69) is 4.72 Å². The first-order valence-corrected chi connectivity index (χ1v) is 7.42. The Morgan fingerprint density at radius 2 is 1.78 bits per heavy atom. The van der Waals surface area contributed by atoms with Crippen LogP contribution in [0, 0.1) is 0 Å². The van der Waals surface area contributed by atoms with Gasteiger partial charge in [0.2, 0.25) is 10.0 Å². The zero-order valence-corrected chi connectivity index (χ0v) is 10.8. The van der Waals surface area contributed by atoms with Gasteiger partial charge in [0, 0.05) is 13.1 Å². The standard InChI is InChI=1S/C13H16N2O2S/c14-8-9-18(16,17)15-10-12-6-3-5-11-4-1-2-7-13(11)12/h1-7,15H,8-10,14H2. The van der Waals surface area contributed by atoms with E-state index in [9.17, 15) is 8.42 Å². The summed E-state index contributed by atoms with van der Waals surface area (Å²) in [5.74, 6) is -0.0439. The second kappa shape index (κ2) is 5.48. The SMILES string of the molecule is NCCS(=O)(=O)NCc1cccc2ccccc12. The van der Waals surface area contributed by atoms with E-state index in [1.165, 1.54) is 0 Å². The normalized spacial score (nSPS) is 11.8. The van der Waals surface area contributed by atoms with Crippen LogP contribution in [-0.2, 0) is 16.6 Å². The van der Waals surface area contributed by atoms with Crippen molar-refractivity contribution in [3.8, 4) is 0 Å². The number of benzene rings is 2. The highest BCUT2D eigenvalue weighted by molar-refractivity contribution is 7.89. The molecule has 0 atom stereocenters. The lowest BCUT2D eigenvalue weighted by Gasteiger charge is -2.08. The number of hydrogen-bond acceptors (Lipinski definition) is 3. The van der Waals surface area contributed by atoms with E-state index in [4.69, 9.17) is 5.73 Å². The molecule has 5 heteroatoms. The summed E-state index contributed by atoms with van der Waals surface area (Å²) in [6.07, 6.45) is 0. The quantitative estimate of drug-likeness (QED) is 0.853. The third-order valence-electron chi connectivity index (χ3n) is 2.75. The molecule has 2 rings (SSSR count). The van der Waals surface area contributed by atoms with Crippen LogP contribution in [0.4, 0.5) is 0 Å². The van der Waals surface area contributed by atoms with E-state index < -0.39 is 10.0 Å². The molecule has 0 bridgehead atoms. The minimum absolute atomic E-state index is 0.0439. The number of hydrogen-bond donors (Lipinski definition) is 2. The zero-order valence-electron chi connectivity index (χ0n) is 9.96. The van der Waals surface area contributed by atoms with Crippen molar-refractivity contribution in [1.82, 2.24) is 4.72 Å². The van der Waals surface area contributed by atoms with Crippen LogP contribution in [0.25, 0.3) is 10.8 Å². The first kappa shape index (κ1) is 13.0. The molecule has 0 fully saturated rings. The van der Waals surface area contributed by atoms with E-state index in [1.54, 1.807) is 0 Å². The van der Waals surface area contributed by atoms with Gasteiger partial charge >= 0.3 is 0 Å². The fraction of sp³-hybridized carbons (Fsp3) is 0.231. The van der Waals surface area contributed by atoms with Crippen molar-refractivity contribution < 1.29 is 8.42 Å². The third kappa shape index (κ3) is 3.07. The monoisotopic (exact) mass is 264 g/mol. The lowest BCUT2D eigenvalue weighted by molar-refractivity contribution is 0.581. The summed E-state index contributed by atoms with van der Waals surface area (Å²) >= 11 is 0. The Kier molecular flexibility index (Phi) is 3.96. The molecule has 0 saturated carbocycles. The van der Waals surface area contributed by atoms with Gasteiger partial charge < -0.3 is 5.73 Å². The first-order chi connectivity index (χ1) is 8.62. The van der Waals surface area contributed by atoms with Crippen molar-refractivity contribution in [3.05, 3.63) is 48.0 Å². The maximum Gasteiger partial charge on any atom is 0.213 e. The molecular formula is C13H16N2O2S. The van der Waals surface area contributed by atoms with Crippen LogP contribution in [0.1, 0.15) is 5.56 Å². The van der Waals surface area contributed by atoms with Gasteiger partial charge in [-0.3, -0.25) is 0 Å². The van der Waals surface area contributed by atoms with E-state index >= 15 is 0 Å². The van der Waals surface area contributed by atoms with Crippen LogP contribution in [0.3, 0.4) is 0 Å². The number of sulfonamides is 1. The maximum absolute atomic E-state index is 11.5. The summed E-state index contributed by atoms with van der Waals surface area (Å²) in [6.45, 7) is 0.425. The number of nitrogens with two attached hydrogens (primary N) is 1. The molecule has 18 heavy (non-hydrogen) atoms. The summed E-state index contributed by atoms with van der Waals surface area (Å²) in [4.78, 5) is 0. The Labute approximate surface area is 107 Å². The minimum atomic E-state index is -3.27. The van der Waals surface area contributed by atoms with Gasteiger partial charge in [-0.1, -0.05) is 42.5 Å². The Balaban J connectivity index is 2.22. The lowest BCUT2D eigenvalue weighted by Crippen LogP contribution is -2.29. The fourth-order valence-electron chi connectivity index (χ4n) is 1.86. The highest BCUT2D eigenvalue weighted by Gasteiger charge is 2.09. The molecule has 0 aliphatic heterocycles. The molecule has 3 N–H and O–H groups in total. The van der Waals surface area contributed by atoms with E-state index in [1.807, 2.05) is 42.5 Å². The number of nitrogens with one attached hydrogen (secondary N) is 1. The van der Waals surface area contributed by atoms with Gasteiger partial charge in [0.15, 0.2) is 0 Å². The van der Waals surface area contributed by atoms with Crippen molar-refractivity contribution in [2.75, 3.05) is 12.3 Å². The van der Waals surface area contributed by atoms with Gasteiger partial charge in [-0.15, -0.1) is 0 Å². The van der Waals surface area contributed by atoms with E-state index in [0.717, 1.165) is 16.3 Å². The topological polar surface area (TPSA) is 72.2 Å². The summed E-state index contributed by atoms with van der Waals surface area (Å²) < 4.78 is 25.7. The van der Waals surface area contributed by atoms with Gasteiger partial charge in [-0.05, 0) is 16.3 Å². The molecule has 2 aromatic rings. The first-order valence-electron chi connectivity index (χ1n) is 5.76. The van der Waals surface area contributed by atoms with Crippen molar-refractivity contribution in [3.63, 3.8) is 0 Å². The summed E-state index contributed by atoms with van der Waals surface area (Å²) in [7, 11) is -3.27. The molecule has 0 saturated heterocycles. The smallest absolute Gasteiger partial charge is 0.213 e. The molecule has 96 valence electrons. The van der Waals surface area contributed by atoms with Gasteiger partial charge in [-0.25, -0.2) is 13.1 Å². The highest BCUT2D eigenvalue weighted by atomic mass is 32.2. The molecule has 0 heterocycles. The van der Waals surface area contributed by atoms with E-state index in [0.29, 0.717) is 6.54 Å². The van der Waals surface area contributed by atoms with Crippen LogP contribution in [0.2, 0.25) is 0 Å². The molecular weight excluding hydrogens is 248 g/mol. The molecule has 0 aliphatic carbocycles. The molecule has 2 aromatic carbocycles. The Hall–Kier alpha value is -1.43. The second-order valence-corrected chi connectivity index (χ2v) is 5.99. The average Bonchev–Trinajstić information content (AvgIpc) is 2.36. The summed E-state index contributed by atoms with van der Waals surface area (Å²) in [5, 5.41) is 2.17. The highest BCUT2D eigenvalue weighted by Crippen LogP contribution is 2.18. The van der Waals surface area contributed by atoms with Crippen molar-refractivity contribution >= 4 is 20.8 Å². The predicted octanol–water partition coefficient (Wildman–Crippen LogP) is 1.22. The van der Waals surface area contributed by atoms with Crippen LogP contribution in [0.15, 0.2) is 42.5 Å². The van der Waals surface area contributed by atoms with Gasteiger partial charge in [-0.2, -0.15) is 0 Å². The van der Waals surface area contributed by atoms with Gasteiger partial charge in [0.1, 0.15) is 0 Å². The van der Waals surface area contributed by atoms with Crippen molar-refractivity contribution in [2.24, 2.45) is 5.73 Å². The zero-order chi connectivity index (χ0) is 13.0. The molecule has 0 radical (unpaired) electrons. The fourth-order valence-corrected chi connectivity index (χ4v) is 2.69. The Morgan fingerprint density at radius 3 is 2.56 bits per heavy atom. The van der Waals surface area contributed by atoms with Crippen LogP contribution in [0.5, 0.6) is 0 Å². The summed E-state index contributed by atoms with van der Waals surface area (Å²) in [5.41, 5.74) is 6.22. The van der Waals surface area contributed by atoms with E-state index in [-0.39, 0.29) is 12.3 Å². The van der Waals surface area contributed by atoms with Gasteiger partial charge in [0.25, 0.3) is 0 Å². The van der Waals surface area contributed by atoms with Crippen molar-refractivity contribution in [1.29, 1.82) is 0 Å². The number of fused-ring (bicyclic) bond motifs is 1. The minimum Gasteiger partial charge on any atom is -0.329 e. The average molecular weight is 264 g/mol. The third-order valence-corrected chi connectivity index (χ3v) is 4.11. The van der Waals surface area contributed by atoms with Gasteiger partial charge in [0.05, 0.1) is 5.75 Å². The summed E-state index contributed by atoms with van der Waals surface area (Å²) in [6, 6.07) is 13.8. The molecule has 0 aromatic heterocycles. The predicted molar refractivity (Wildman–Crippen MR) is 73.6 cm³/mol. The van der Waals surface area contributed by atoms with Crippen LogP contribution >= 0.6 is 0 Å². The molecule has 4 nitrogen and oxygen atoms in total. The van der Waals surface area contributed by atoms with Crippen LogP contribution < -0.4 is 10.5 Å². The molecule has 0 unspecified atom stereocenters. The molecule has 0 aliphatic rings. The maximum atomic E-state index is 11.5. The lowest BCUT2D eigenvalue weighted by atomic mass is 10.1. The van der Waals surface area contributed by atoms with Crippen LogP contribution in [-0.4, -0.2) is 20.7 Å². The number of rotatable bonds is 5. The van der Waals surface area contributed by atoms with Crippen molar-refractivity contribution in [2.45, 2.75) is 6.54 Å². The second-order valence-electron chi connectivity index (χ2n) is 4.07. The largest absolute Gasteiger partial charge is 0.329 e.